The third-order valence-corrected chi connectivity index (χ3v) is 4.14. The molecule has 0 aliphatic carbocycles. The van der Waals surface area contributed by atoms with Gasteiger partial charge in [0.05, 0.1) is 0 Å². The highest BCUT2D eigenvalue weighted by Gasteiger charge is 2.17. The Labute approximate surface area is 115 Å². The van der Waals surface area contributed by atoms with Gasteiger partial charge in [0, 0.05) is 12.1 Å². The van der Waals surface area contributed by atoms with E-state index >= 15 is 0 Å². The molecule has 3 heteroatoms. The Bertz CT molecular complexity index is 409. The summed E-state index contributed by atoms with van der Waals surface area (Å²) in [7, 11) is 0. The number of rotatable bonds is 4. The summed E-state index contributed by atoms with van der Waals surface area (Å²) in [6.07, 6.45) is 4.00. The average Bonchev–Trinajstić information content (AvgIpc) is 2.40. The Balaban J connectivity index is 1.94. The number of benzene rings is 1. The van der Waals surface area contributed by atoms with Crippen molar-refractivity contribution < 1.29 is 0 Å². The first-order valence-electron chi connectivity index (χ1n) is 6.80. The van der Waals surface area contributed by atoms with E-state index in [0.29, 0.717) is 4.99 Å². The zero-order valence-corrected chi connectivity index (χ0v) is 11.9. The molecule has 1 heterocycles. The molecule has 1 fully saturated rings. The Morgan fingerprint density at radius 3 is 2.72 bits per heavy atom. The van der Waals surface area contributed by atoms with Crippen LogP contribution in [0, 0.1) is 5.92 Å². The highest BCUT2D eigenvalue weighted by atomic mass is 32.1. The molecule has 0 bridgehead atoms. The van der Waals surface area contributed by atoms with Gasteiger partial charge in [-0.3, -0.25) is 4.90 Å². The molecule has 98 valence electrons. The Hall–Kier alpha value is -0.930. The number of piperidine rings is 1. The second-order valence-corrected chi connectivity index (χ2v) is 5.63. The molecule has 1 aliphatic heterocycles. The lowest BCUT2D eigenvalue weighted by molar-refractivity contribution is 0.175. The Morgan fingerprint density at radius 1 is 1.39 bits per heavy atom. The summed E-state index contributed by atoms with van der Waals surface area (Å²) in [5, 5.41) is 0. The van der Waals surface area contributed by atoms with Crippen LogP contribution in [0.3, 0.4) is 0 Å². The molecule has 0 saturated carbocycles. The van der Waals surface area contributed by atoms with Crippen LogP contribution in [0.25, 0.3) is 0 Å². The maximum atomic E-state index is 5.67. The largest absolute Gasteiger partial charge is 0.389 e. The van der Waals surface area contributed by atoms with Crippen molar-refractivity contribution in [2.24, 2.45) is 11.7 Å². The summed E-state index contributed by atoms with van der Waals surface area (Å²) in [4.78, 5) is 3.02. The molecule has 0 atom stereocenters. The predicted octanol–water partition coefficient (Wildman–Crippen LogP) is 2.94. The third-order valence-electron chi connectivity index (χ3n) is 3.90. The van der Waals surface area contributed by atoms with Gasteiger partial charge in [0.2, 0.25) is 0 Å². The van der Waals surface area contributed by atoms with E-state index in [4.69, 9.17) is 18.0 Å². The first-order valence-corrected chi connectivity index (χ1v) is 7.21. The van der Waals surface area contributed by atoms with Crippen LogP contribution in [-0.4, -0.2) is 23.0 Å². The lowest BCUT2D eigenvalue weighted by Crippen LogP contribution is -2.33. The van der Waals surface area contributed by atoms with Gasteiger partial charge < -0.3 is 5.73 Å². The van der Waals surface area contributed by atoms with Gasteiger partial charge in [-0.2, -0.15) is 0 Å². The normalized spacial score (nSPS) is 17.8. The summed E-state index contributed by atoms with van der Waals surface area (Å²) < 4.78 is 0. The summed E-state index contributed by atoms with van der Waals surface area (Å²) in [6, 6.07) is 8.31. The van der Waals surface area contributed by atoms with E-state index in [0.717, 1.165) is 18.0 Å². The zero-order chi connectivity index (χ0) is 13.0. The quantitative estimate of drug-likeness (QED) is 0.846. The minimum Gasteiger partial charge on any atom is -0.389 e. The fourth-order valence-corrected chi connectivity index (χ4v) is 2.76. The predicted molar refractivity (Wildman–Crippen MR) is 80.6 cm³/mol. The van der Waals surface area contributed by atoms with Gasteiger partial charge in [0.25, 0.3) is 0 Å². The molecule has 0 unspecified atom stereocenters. The second-order valence-electron chi connectivity index (χ2n) is 5.19. The van der Waals surface area contributed by atoms with Crippen molar-refractivity contribution in [3.63, 3.8) is 0 Å². The highest BCUT2D eigenvalue weighted by Crippen LogP contribution is 2.21. The standard InChI is InChI=1S/C15H22N2S/c1-2-12-6-8-17(9-7-12)11-13-4-3-5-14(10-13)15(16)18/h3-5,10,12H,2,6-9,11H2,1H3,(H2,16,18). The van der Waals surface area contributed by atoms with Gasteiger partial charge in [-0.05, 0) is 43.5 Å². The topological polar surface area (TPSA) is 29.3 Å². The van der Waals surface area contributed by atoms with Gasteiger partial charge in [0.15, 0.2) is 0 Å². The van der Waals surface area contributed by atoms with E-state index in [-0.39, 0.29) is 0 Å². The molecule has 1 aromatic rings. The van der Waals surface area contributed by atoms with Crippen molar-refractivity contribution >= 4 is 17.2 Å². The minimum absolute atomic E-state index is 0.488. The summed E-state index contributed by atoms with van der Waals surface area (Å²) >= 11 is 5.02. The number of hydrogen-bond acceptors (Lipinski definition) is 2. The van der Waals surface area contributed by atoms with Crippen molar-refractivity contribution in [1.29, 1.82) is 0 Å². The Morgan fingerprint density at radius 2 is 2.11 bits per heavy atom. The van der Waals surface area contributed by atoms with Crippen LogP contribution < -0.4 is 5.73 Å². The molecular formula is C15H22N2S. The zero-order valence-electron chi connectivity index (χ0n) is 11.1. The van der Waals surface area contributed by atoms with Gasteiger partial charge >= 0.3 is 0 Å². The van der Waals surface area contributed by atoms with E-state index in [9.17, 15) is 0 Å². The molecule has 0 radical (unpaired) electrons. The van der Waals surface area contributed by atoms with Crippen molar-refractivity contribution in [2.75, 3.05) is 13.1 Å². The van der Waals surface area contributed by atoms with Crippen LogP contribution >= 0.6 is 12.2 Å². The average molecular weight is 262 g/mol. The molecule has 0 aromatic heterocycles. The van der Waals surface area contributed by atoms with Crippen LogP contribution in [0.4, 0.5) is 0 Å². The van der Waals surface area contributed by atoms with Crippen LogP contribution in [0.5, 0.6) is 0 Å². The molecule has 2 nitrogen and oxygen atoms in total. The van der Waals surface area contributed by atoms with E-state index in [1.165, 1.54) is 37.9 Å². The molecule has 0 spiro atoms. The maximum absolute atomic E-state index is 5.67. The molecule has 1 aromatic carbocycles. The van der Waals surface area contributed by atoms with E-state index in [1.807, 2.05) is 12.1 Å². The first kappa shape index (κ1) is 13.5. The molecule has 1 aliphatic rings. The Kier molecular flexibility index (Phi) is 4.72. The summed E-state index contributed by atoms with van der Waals surface area (Å²) in [5.41, 5.74) is 7.96. The number of thiocarbonyl (C=S) groups is 1. The fourth-order valence-electron chi connectivity index (χ4n) is 2.63. The lowest BCUT2D eigenvalue weighted by Gasteiger charge is -2.31. The fraction of sp³-hybridized carbons (Fsp3) is 0.533. The van der Waals surface area contributed by atoms with Crippen molar-refractivity contribution in [1.82, 2.24) is 4.90 Å². The van der Waals surface area contributed by atoms with Crippen molar-refractivity contribution in [3.05, 3.63) is 35.4 Å². The monoisotopic (exact) mass is 262 g/mol. The summed E-state index contributed by atoms with van der Waals surface area (Å²) in [6.45, 7) is 5.75. The first-order chi connectivity index (χ1) is 8.69. The van der Waals surface area contributed by atoms with Gasteiger partial charge in [-0.1, -0.05) is 43.8 Å². The minimum atomic E-state index is 0.488. The maximum Gasteiger partial charge on any atom is 0.103 e. The smallest absolute Gasteiger partial charge is 0.103 e. The van der Waals surface area contributed by atoms with Gasteiger partial charge in [-0.25, -0.2) is 0 Å². The number of hydrogen-bond donors (Lipinski definition) is 1. The van der Waals surface area contributed by atoms with Crippen LogP contribution in [-0.2, 0) is 6.54 Å². The molecule has 0 amide bonds. The van der Waals surface area contributed by atoms with Gasteiger partial charge in [0.1, 0.15) is 4.99 Å². The molecule has 2 N–H and O–H groups in total. The number of nitrogens with two attached hydrogens (primary N) is 1. The number of likely N-dealkylation sites (tertiary alicyclic amines) is 1. The third kappa shape index (κ3) is 3.53. The highest BCUT2D eigenvalue weighted by molar-refractivity contribution is 7.80. The van der Waals surface area contributed by atoms with Crippen LogP contribution in [0.15, 0.2) is 24.3 Å². The van der Waals surface area contributed by atoms with Crippen LogP contribution in [0.1, 0.15) is 37.3 Å². The second kappa shape index (κ2) is 6.30. The SMILES string of the molecule is CCC1CCN(Cc2cccc(C(N)=S)c2)CC1. The van der Waals surface area contributed by atoms with E-state index in [2.05, 4.69) is 24.0 Å². The van der Waals surface area contributed by atoms with E-state index in [1.54, 1.807) is 0 Å². The van der Waals surface area contributed by atoms with Gasteiger partial charge in [-0.15, -0.1) is 0 Å². The molecular weight excluding hydrogens is 240 g/mol. The molecule has 2 rings (SSSR count). The van der Waals surface area contributed by atoms with Crippen LogP contribution in [0.2, 0.25) is 0 Å². The van der Waals surface area contributed by atoms with Crippen molar-refractivity contribution in [2.45, 2.75) is 32.7 Å². The molecule has 18 heavy (non-hydrogen) atoms. The number of nitrogens with zero attached hydrogens (tertiary/aromatic N) is 1. The lowest BCUT2D eigenvalue weighted by atomic mass is 9.94. The van der Waals surface area contributed by atoms with Crippen molar-refractivity contribution in [3.8, 4) is 0 Å². The van der Waals surface area contributed by atoms with E-state index < -0.39 is 0 Å². The summed E-state index contributed by atoms with van der Waals surface area (Å²) in [5.74, 6) is 0.934. The molecule has 1 saturated heterocycles.